The minimum Gasteiger partial charge on any atom is -0.481 e. The number of para-hydroxylation sites is 1. The molecule has 8 nitrogen and oxygen atoms in total. The predicted molar refractivity (Wildman–Crippen MR) is 81.5 cm³/mol. The van der Waals surface area contributed by atoms with Gasteiger partial charge in [-0.25, -0.2) is 4.79 Å². The van der Waals surface area contributed by atoms with Crippen LogP contribution < -0.4 is 5.32 Å². The lowest BCUT2D eigenvalue weighted by atomic mass is 9.98. The Labute approximate surface area is 135 Å². The van der Waals surface area contributed by atoms with Gasteiger partial charge in [-0.15, -0.1) is 0 Å². The van der Waals surface area contributed by atoms with Crippen molar-refractivity contribution >= 4 is 34.5 Å². The summed E-state index contributed by atoms with van der Waals surface area (Å²) < 4.78 is 1.77. The Balaban J connectivity index is 1.65. The number of nitrogens with one attached hydrogen (secondary N) is 1. The molecular formula is C16H14N2O6. The Hall–Kier alpha value is -3.16. The van der Waals surface area contributed by atoms with E-state index in [1.54, 1.807) is 4.57 Å². The standard InChI is InChI=1S/C16H14N2O6/c19-12(6-13(20)17-10(16(23)24)5-14(21)22)15-9-7-18(15)11-4-2-1-3-8(9)11/h1-4,7,10,15H,5-6H2,(H,17,20)(H,21,22)(H,23,24). The van der Waals surface area contributed by atoms with Crippen molar-refractivity contribution in [1.29, 1.82) is 0 Å². The quantitative estimate of drug-likeness (QED) is 0.636. The number of hydrogen-bond acceptors (Lipinski definition) is 4. The van der Waals surface area contributed by atoms with E-state index in [9.17, 15) is 19.2 Å². The summed E-state index contributed by atoms with van der Waals surface area (Å²) in [7, 11) is 0. The monoisotopic (exact) mass is 330 g/mol. The van der Waals surface area contributed by atoms with E-state index < -0.39 is 42.8 Å². The number of Topliss-reactive ketones (excluding diaryl/α,β-unsaturated/α-hetero) is 1. The first-order valence-corrected chi connectivity index (χ1v) is 7.24. The molecule has 2 aliphatic rings. The third-order valence-electron chi connectivity index (χ3n) is 4.00. The number of rotatable bonds is 7. The van der Waals surface area contributed by atoms with Crippen molar-refractivity contribution in [3.8, 4) is 0 Å². The number of carboxylic acid groups (broad SMARTS) is 2. The van der Waals surface area contributed by atoms with Crippen LogP contribution in [0.25, 0.3) is 10.9 Å². The van der Waals surface area contributed by atoms with Gasteiger partial charge in [0.1, 0.15) is 12.1 Å². The third kappa shape index (κ3) is 2.62. The van der Waals surface area contributed by atoms with Gasteiger partial charge in [-0.05, 0) is 6.07 Å². The van der Waals surface area contributed by atoms with Crippen LogP contribution in [0.2, 0.25) is 0 Å². The molecule has 8 heteroatoms. The number of carbonyl (C=O) groups excluding carboxylic acids is 2. The number of benzene rings is 1. The van der Waals surface area contributed by atoms with Gasteiger partial charge in [0.05, 0.1) is 12.8 Å². The van der Waals surface area contributed by atoms with E-state index in [-0.39, 0.29) is 5.78 Å². The van der Waals surface area contributed by atoms with Gasteiger partial charge >= 0.3 is 11.9 Å². The van der Waals surface area contributed by atoms with Gasteiger partial charge in [0, 0.05) is 22.7 Å². The Bertz CT molecular complexity index is 831. The summed E-state index contributed by atoms with van der Waals surface area (Å²) in [5.41, 5.74) is 1.74. The lowest BCUT2D eigenvalue weighted by Crippen LogP contribution is -2.43. The Morgan fingerprint density at radius 3 is 2.50 bits per heavy atom. The highest BCUT2D eigenvalue weighted by Gasteiger charge is 2.36. The van der Waals surface area contributed by atoms with Gasteiger partial charge in [0.2, 0.25) is 5.91 Å². The summed E-state index contributed by atoms with van der Waals surface area (Å²) in [6, 6.07) is 5.39. The summed E-state index contributed by atoms with van der Waals surface area (Å²) in [5.74, 6) is -3.97. The normalized spacial score (nSPS) is 16.2. The van der Waals surface area contributed by atoms with E-state index in [0.717, 1.165) is 16.5 Å². The summed E-state index contributed by atoms with van der Waals surface area (Å²) in [6.07, 6.45) is 0.576. The molecule has 2 aromatic rings. The van der Waals surface area contributed by atoms with Gasteiger partial charge in [-0.2, -0.15) is 0 Å². The SMILES string of the molecule is O=C(O)CC(NC(=O)CC(=O)C1c2cn1c1ccccc21)C(=O)O. The second-order valence-corrected chi connectivity index (χ2v) is 5.61. The van der Waals surface area contributed by atoms with Crippen molar-refractivity contribution in [2.75, 3.05) is 0 Å². The molecule has 2 aliphatic heterocycles. The van der Waals surface area contributed by atoms with Crippen molar-refractivity contribution in [3.05, 3.63) is 36.0 Å². The molecule has 3 N–H and O–H groups in total. The first-order valence-electron chi connectivity index (χ1n) is 7.24. The van der Waals surface area contributed by atoms with Crippen LogP contribution in [0.15, 0.2) is 30.5 Å². The summed E-state index contributed by atoms with van der Waals surface area (Å²) >= 11 is 0. The molecule has 0 radical (unpaired) electrons. The van der Waals surface area contributed by atoms with Crippen LogP contribution in [-0.4, -0.2) is 44.5 Å². The number of ketones is 1. The minimum absolute atomic E-state index is 0.360. The fourth-order valence-corrected chi connectivity index (χ4v) is 2.93. The van der Waals surface area contributed by atoms with E-state index >= 15 is 0 Å². The summed E-state index contributed by atoms with van der Waals surface area (Å²) in [6.45, 7) is 0. The maximum absolute atomic E-state index is 12.3. The molecule has 3 heterocycles. The van der Waals surface area contributed by atoms with E-state index in [2.05, 4.69) is 5.32 Å². The van der Waals surface area contributed by atoms with Gasteiger partial charge in [0.25, 0.3) is 0 Å². The molecule has 24 heavy (non-hydrogen) atoms. The van der Waals surface area contributed by atoms with E-state index in [4.69, 9.17) is 10.2 Å². The highest BCUT2D eigenvalue weighted by Crippen LogP contribution is 2.41. The number of carboxylic acids is 2. The van der Waals surface area contributed by atoms with Crippen LogP contribution >= 0.6 is 0 Å². The predicted octanol–water partition coefficient (Wildman–Crippen LogP) is 0.547. The molecule has 0 saturated carbocycles. The second kappa shape index (κ2) is 5.80. The molecule has 1 aromatic heterocycles. The lowest BCUT2D eigenvalue weighted by Gasteiger charge is -2.22. The Morgan fingerprint density at radius 2 is 1.88 bits per heavy atom. The smallest absolute Gasteiger partial charge is 0.326 e. The molecule has 2 unspecified atom stereocenters. The number of nitrogens with zero attached hydrogens (tertiary/aromatic N) is 1. The molecule has 124 valence electrons. The summed E-state index contributed by atoms with van der Waals surface area (Å²) in [5, 5.41) is 20.6. The van der Waals surface area contributed by atoms with Crippen molar-refractivity contribution in [2.45, 2.75) is 24.9 Å². The van der Waals surface area contributed by atoms with E-state index in [1.807, 2.05) is 30.5 Å². The van der Waals surface area contributed by atoms with Crippen LogP contribution in [0.1, 0.15) is 24.4 Å². The fraction of sp³-hybridized carbons (Fsp3) is 0.250. The molecule has 4 rings (SSSR count). The number of amides is 1. The zero-order chi connectivity index (χ0) is 17.4. The number of aliphatic carboxylic acids is 2. The highest BCUT2D eigenvalue weighted by molar-refractivity contribution is 6.06. The highest BCUT2D eigenvalue weighted by atomic mass is 16.4. The lowest BCUT2D eigenvalue weighted by molar-refractivity contribution is -0.147. The molecule has 2 bridgehead atoms. The van der Waals surface area contributed by atoms with Crippen molar-refractivity contribution < 1.29 is 29.4 Å². The maximum atomic E-state index is 12.3. The average Bonchev–Trinajstić information content (AvgIpc) is 2.98. The number of carbonyl (C=O) groups is 4. The molecule has 1 amide bonds. The molecule has 0 spiro atoms. The van der Waals surface area contributed by atoms with Crippen molar-refractivity contribution in [1.82, 2.24) is 9.88 Å². The number of hydrogen-bond donors (Lipinski definition) is 3. The first kappa shape index (κ1) is 15.7. The zero-order valence-electron chi connectivity index (χ0n) is 12.4. The van der Waals surface area contributed by atoms with Crippen LogP contribution in [0.4, 0.5) is 0 Å². The van der Waals surface area contributed by atoms with Crippen LogP contribution in [0.3, 0.4) is 0 Å². The molecule has 0 saturated heterocycles. The van der Waals surface area contributed by atoms with Gasteiger partial charge in [-0.1, -0.05) is 18.2 Å². The van der Waals surface area contributed by atoms with Crippen molar-refractivity contribution in [2.24, 2.45) is 0 Å². The van der Waals surface area contributed by atoms with E-state index in [1.165, 1.54) is 0 Å². The minimum atomic E-state index is -1.56. The first-order chi connectivity index (χ1) is 11.4. The molecule has 0 fully saturated rings. The Morgan fingerprint density at radius 1 is 1.17 bits per heavy atom. The van der Waals surface area contributed by atoms with Crippen LogP contribution in [0, 0.1) is 0 Å². The average molecular weight is 330 g/mol. The topological polar surface area (TPSA) is 126 Å². The molecule has 2 atom stereocenters. The van der Waals surface area contributed by atoms with Crippen molar-refractivity contribution in [3.63, 3.8) is 0 Å². The van der Waals surface area contributed by atoms with Gasteiger partial charge < -0.3 is 20.1 Å². The fourth-order valence-electron chi connectivity index (χ4n) is 2.93. The summed E-state index contributed by atoms with van der Waals surface area (Å²) in [4.78, 5) is 45.8. The second-order valence-electron chi connectivity index (χ2n) is 5.61. The van der Waals surface area contributed by atoms with Crippen LogP contribution in [0.5, 0.6) is 0 Å². The maximum Gasteiger partial charge on any atom is 0.326 e. The van der Waals surface area contributed by atoms with Gasteiger partial charge in [0.15, 0.2) is 5.78 Å². The van der Waals surface area contributed by atoms with E-state index in [0.29, 0.717) is 0 Å². The van der Waals surface area contributed by atoms with Crippen LogP contribution in [-0.2, 0) is 19.2 Å². The molecule has 0 aliphatic carbocycles. The third-order valence-corrected chi connectivity index (χ3v) is 4.00. The molecular weight excluding hydrogens is 316 g/mol. The zero-order valence-corrected chi connectivity index (χ0v) is 12.4. The number of aromatic nitrogens is 1. The van der Waals surface area contributed by atoms with Gasteiger partial charge in [-0.3, -0.25) is 14.4 Å². The molecule has 1 aromatic carbocycles. The largest absolute Gasteiger partial charge is 0.481 e. The Kier molecular flexibility index (Phi) is 3.80.